The van der Waals surface area contributed by atoms with Crippen molar-refractivity contribution in [1.82, 2.24) is 10.2 Å². The van der Waals surface area contributed by atoms with Gasteiger partial charge in [0.1, 0.15) is 0 Å². The van der Waals surface area contributed by atoms with Crippen LogP contribution in [0, 0.1) is 5.92 Å². The molecule has 1 saturated carbocycles. The average Bonchev–Trinajstić information content (AvgIpc) is 2.82. The highest BCUT2D eigenvalue weighted by Crippen LogP contribution is 2.39. The van der Waals surface area contributed by atoms with Crippen molar-refractivity contribution in [3.05, 3.63) is 0 Å². The fourth-order valence-corrected chi connectivity index (χ4v) is 3.09. The first-order valence-corrected chi connectivity index (χ1v) is 6.08. The maximum atomic E-state index is 3.54. The van der Waals surface area contributed by atoms with E-state index in [1.807, 2.05) is 0 Å². The fraction of sp³-hybridized carbons (Fsp3) is 1.00. The first kappa shape index (κ1) is 10.4. The largest absolute Gasteiger partial charge is 0.315 e. The van der Waals surface area contributed by atoms with E-state index in [2.05, 4.69) is 31.1 Å². The zero-order chi connectivity index (χ0) is 10.2. The summed E-state index contributed by atoms with van der Waals surface area (Å²) < 4.78 is 0. The van der Waals surface area contributed by atoms with Gasteiger partial charge in [-0.05, 0) is 65.6 Å². The molecule has 0 aromatic rings. The highest BCUT2D eigenvalue weighted by atomic mass is 15.2. The Kier molecular flexibility index (Phi) is 2.85. The molecule has 82 valence electrons. The maximum Gasteiger partial charge on any atom is 0.0308 e. The maximum absolute atomic E-state index is 3.54. The molecule has 0 amide bonds. The molecular formula is C12H24N2. The van der Waals surface area contributed by atoms with Crippen LogP contribution in [-0.4, -0.2) is 36.6 Å². The molecule has 1 aliphatic heterocycles. The number of nitrogens with one attached hydrogen (secondary N) is 1. The van der Waals surface area contributed by atoms with Crippen molar-refractivity contribution in [3.63, 3.8) is 0 Å². The lowest BCUT2D eigenvalue weighted by Crippen LogP contribution is -2.57. The molecular weight excluding hydrogens is 172 g/mol. The van der Waals surface area contributed by atoms with E-state index in [9.17, 15) is 0 Å². The van der Waals surface area contributed by atoms with Gasteiger partial charge < -0.3 is 5.32 Å². The van der Waals surface area contributed by atoms with Gasteiger partial charge in [-0.3, -0.25) is 4.90 Å². The summed E-state index contributed by atoms with van der Waals surface area (Å²) in [6, 6.07) is 0.695. The quantitative estimate of drug-likeness (QED) is 0.738. The molecule has 0 radical (unpaired) electrons. The Morgan fingerprint density at radius 1 is 1.21 bits per heavy atom. The average molecular weight is 196 g/mol. The van der Waals surface area contributed by atoms with Gasteiger partial charge >= 0.3 is 0 Å². The van der Waals surface area contributed by atoms with E-state index in [1.165, 1.54) is 38.8 Å². The topological polar surface area (TPSA) is 15.3 Å². The molecule has 2 nitrogen and oxygen atoms in total. The van der Waals surface area contributed by atoms with Crippen molar-refractivity contribution in [2.75, 3.05) is 20.1 Å². The van der Waals surface area contributed by atoms with Crippen molar-refractivity contribution < 1.29 is 0 Å². The van der Waals surface area contributed by atoms with Crippen LogP contribution in [0.1, 0.15) is 39.5 Å². The van der Waals surface area contributed by atoms with E-state index in [0.29, 0.717) is 11.6 Å². The summed E-state index contributed by atoms with van der Waals surface area (Å²) in [6.07, 6.45) is 5.65. The van der Waals surface area contributed by atoms with E-state index in [1.54, 1.807) is 0 Å². The molecule has 1 atom stereocenters. The summed E-state index contributed by atoms with van der Waals surface area (Å²) in [5.41, 5.74) is 0.354. The summed E-state index contributed by atoms with van der Waals surface area (Å²) in [6.45, 7) is 7.44. The van der Waals surface area contributed by atoms with Crippen molar-refractivity contribution >= 4 is 0 Å². The minimum Gasteiger partial charge on any atom is -0.315 e. The zero-order valence-corrected chi connectivity index (χ0v) is 9.84. The zero-order valence-electron chi connectivity index (χ0n) is 9.84. The third-order valence-electron chi connectivity index (χ3n) is 4.09. The van der Waals surface area contributed by atoms with Crippen molar-refractivity contribution in [1.29, 1.82) is 0 Å². The molecule has 0 aromatic carbocycles. The van der Waals surface area contributed by atoms with Gasteiger partial charge in [0.2, 0.25) is 0 Å². The van der Waals surface area contributed by atoms with Gasteiger partial charge in [0.25, 0.3) is 0 Å². The first-order valence-electron chi connectivity index (χ1n) is 6.08. The molecule has 2 rings (SSSR count). The second-order valence-corrected chi connectivity index (χ2v) is 5.45. The predicted molar refractivity (Wildman–Crippen MR) is 60.5 cm³/mol. The molecule has 1 heterocycles. The number of nitrogens with zero attached hydrogens (tertiary/aromatic N) is 1. The first-order chi connectivity index (χ1) is 6.66. The third-order valence-corrected chi connectivity index (χ3v) is 4.09. The molecule has 1 unspecified atom stereocenters. The number of likely N-dealkylation sites (tertiary alicyclic amines) is 1. The van der Waals surface area contributed by atoms with Crippen LogP contribution < -0.4 is 5.32 Å². The molecule has 0 aromatic heterocycles. The Bertz CT molecular complexity index is 190. The second kappa shape index (κ2) is 3.82. The van der Waals surface area contributed by atoms with Crippen LogP contribution in [-0.2, 0) is 0 Å². The van der Waals surface area contributed by atoms with Gasteiger partial charge in [-0.2, -0.15) is 0 Å². The lowest BCUT2D eigenvalue weighted by molar-refractivity contribution is 0.100. The van der Waals surface area contributed by atoms with Crippen LogP contribution in [0.2, 0.25) is 0 Å². The molecule has 0 bridgehead atoms. The fourth-order valence-electron chi connectivity index (χ4n) is 3.09. The lowest BCUT2D eigenvalue weighted by atomic mass is 9.89. The molecule has 1 N–H and O–H groups in total. The van der Waals surface area contributed by atoms with Crippen LogP contribution >= 0.6 is 0 Å². The number of likely N-dealkylation sites (N-methyl/N-ethyl adjacent to an activating group) is 1. The predicted octanol–water partition coefficient (Wildman–Crippen LogP) is 1.86. The van der Waals surface area contributed by atoms with Crippen LogP contribution in [0.4, 0.5) is 0 Å². The standard InChI is InChI=1S/C12H24N2/c1-12(2,14-8-4-5-9-14)11(13-3)10-6-7-10/h10-11,13H,4-9H2,1-3H3. The SMILES string of the molecule is CNC(C1CC1)C(C)(C)N1CCCC1. The van der Waals surface area contributed by atoms with Gasteiger partial charge in [-0.25, -0.2) is 0 Å². The molecule has 1 aliphatic carbocycles. The Balaban J connectivity index is 2.03. The monoisotopic (exact) mass is 196 g/mol. The third kappa shape index (κ3) is 1.82. The Morgan fingerprint density at radius 2 is 1.79 bits per heavy atom. The van der Waals surface area contributed by atoms with E-state index >= 15 is 0 Å². The van der Waals surface area contributed by atoms with Crippen LogP contribution in [0.25, 0.3) is 0 Å². The summed E-state index contributed by atoms with van der Waals surface area (Å²) in [7, 11) is 2.13. The number of hydrogen-bond donors (Lipinski definition) is 1. The van der Waals surface area contributed by atoms with Crippen molar-refractivity contribution in [2.24, 2.45) is 5.92 Å². The number of rotatable bonds is 4. The van der Waals surface area contributed by atoms with Crippen LogP contribution in [0.15, 0.2) is 0 Å². The molecule has 2 aliphatic rings. The molecule has 1 saturated heterocycles. The van der Waals surface area contributed by atoms with E-state index in [4.69, 9.17) is 0 Å². The smallest absolute Gasteiger partial charge is 0.0308 e. The van der Waals surface area contributed by atoms with Crippen molar-refractivity contribution in [2.45, 2.75) is 51.1 Å². The summed E-state index contributed by atoms with van der Waals surface area (Å²) in [4.78, 5) is 2.67. The molecule has 0 spiro atoms. The Hall–Kier alpha value is -0.0800. The normalized spacial score (nSPS) is 26.8. The van der Waals surface area contributed by atoms with Gasteiger partial charge in [0, 0.05) is 11.6 Å². The van der Waals surface area contributed by atoms with Gasteiger partial charge in [-0.1, -0.05) is 0 Å². The van der Waals surface area contributed by atoms with Gasteiger partial charge in [0.05, 0.1) is 0 Å². The summed E-state index contributed by atoms with van der Waals surface area (Å²) in [5, 5.41) is 3.54. The van der Waals surface area contributed by atoms with E-state index in [0.717, 1.165) is 5.92 Å². The lowest BCUT2D eigenvalue weighted by Gasteiger charge is -2.42. The summed E-state index contributed by atoms with van der Waals surface area (Å²) in [5.74, 6) is 0.940. The van der Waals surface area contributed by atoms with E-state index < -0.39 is 0 Å². The molecule has 2 heteroatoms. The second-order valence-electron chi connectivity index (χ2n) is 5.45. The van der Waals surface area contributed by atoms with Crippen molar-refractivity contribution in [3.8, 4) is 0 Å². The van der Waals surface area contributed by atoms with E-state index in [-0.39, 0.29) is 0 Å². The van der Waals surface area contributed by atoms with Crippen LogP contribution in [0.5, 0.6) is 0 Å². The Morgan fingerprint density at radius 3 is 2.21 bits per heavy atom. The Labute approximate surface area is 88.1 Å². The van der Waals surface area contributed by atoms with Gasteiger partial charge in [-0.15, -0.1) is 0 Å². The van der Waals surface area contributed by atoms with Gasteiger partial charge in [0.15, 0.2) is 0 Å². The minimum absolute atomic E-state index is 0.354. The summed E-state index contributed by atoms with van der Waals surface area (Å²) >= 11 is 0. The molecule has 14 heavy (non-hydrogen) atoms. The highest BCUT2D eigenvalue weighted by Gasteiger charge is 2.43. The minimum atomic E-state index is 0.354. The molecule has 2 fully saturated rings. The highest BCUT2D eigenvalue weighted by molar-refractivity contribution is 5.01. The number of hydrogen-bond acceptors (Lipinski definition) is 2. The van der Waals surface area contributed by atoms with Crippen LogP contribution in [0.3, 0.4) is 0 Å².